The van der Waals surface area contributed by atoms with Crippen molar-refractivity contribution < 1.29 is 9.53 Å². The fourth-order valence-corrected chi connectivity index (χ4v) is 4.34. The number of thiophene rings is 2. The van der Waals surface area contributed by atoms with Gasteiger partial charge in [0.05, 0.1) is 11.5 Å². The number of carbonyl (C=O) groups excluding carboxylic acids is 1. The predicted octanol–water partition coefficient (Wildman–Crippen LogP) is 4.79. The zero-order chi connectivity index (χ0) is 13.7. The predicted molar refractivity (Wildman–Crippen MR) is 87.5 cm³/mol. The molecule has 2 nitrogen and oxygen atoms in total. The maximum Gasteiger partial charge on any atom is 0.221 e. The van der Waals surface area contributed by atoms with Gasteiger partial charge in [0, 0.05) is 0 Å². The van der Waals surface area contributed by atoms with Gasteiger partial charge in [0.25, 0.3) is 0 Å². The molecule has 0 amide bonds. The fraction of sp³-hybridized carbons (Fsp3) is 0.231. The first kappa shape index (κ1) is 14.7. The van der Waals surface area contributed by atoms with Crippen molar-refractivity contribution in [2.75, 3.05) is 6.61 Å². The lowest BCUT2D eigenvalue weighted by Crippen LogP contribution is -2.11. The minimum absolute atomic E-state index is 0.0838. The van der Waals surface area contributed by atoms with Gasteiger partial charge in [-0.05, 0) is 53.0 Å². The molecule has 0 aliphatic carbocycles. The van der Waals surface area contributed by atoms with Crippen LogP contribution in [0.15, 0.2) is 34.3 Å². The van der Waals surface area contributed by atoms with Gasteiger partial charge in [0.1, 0.15) is 5.25 Å². The lowest BCUT2D eigenvalue weighted by molar-refractivity contribution is 0.0993. The van der Waals surface area contributed by atoms with Crippen LogP contribution in [0.1, 0.15) is 27.4 Å². The van der Waals surface area contributed by atoms with Crippen molar-refractivity contribution in [1.82, 2.24) is 0 Å². The highest BCUT2D eigenvalue weighted by Gasteiger charge is 2.26. The van der Waals surface area contributed by atoms with E-state index >= 15 is 0 Å². The number of thiocarbonyl (C=S) groups is 1. The van der Waals surface area contributed by atoms with Crippen LogP contribution in [0.2, 0.25) is 0 Å². The zero-order valence-electron chi connectivity index (χ0n) is 10.2. The van der Waals surface area contributed by atoms with E-state index < -0.39 is 0 Å². The Bertz CT molecular complexity index is 531. The third kappa shape index (κ3) is 3.89. The standard InChI is InChI=1S/C13H12O2S4/c1-2-15-13(16)19-12(9-5-7-17-8-9)11(14)10-4-3-6-18-10/h3-8,12H,2H2,1H3. The molecule has 2 rings (SSSR count). The molecule has 0 aliphatic heterocycles. The van der Waals surface area contributed by atoms with E-state index in [0.29, 0.717) is 11.0 Å². The summed E-state index contributed by atoms with van der Waals surface area (Å²) in [5.41, 5.74) is 0.982. The number of carbonyl (C=O) groups is 1. The van der Waals surface area contributed by atoms with Crippen molar-refractivity contribution in [2.24, 2.45) is 0 Å². The maximum absolute atomic E-state index is 12.5. The number of hydrogen-bond donors (Lipinski definition) is 0. The molecule has 2 aromatic heterocycles. The van der Waals surface area contributed by atoms with Crippen LogP contribution in [0.4, 0.5) is 0 Å². The third-order valence-electron chi connectivity index (χ3n) is 2.32. The van der Waals surface area contributed by atoms with Crippen molar-refractivity contribution in [2.45, 2.75) is 12.2 Å². The van der Waals surface area contributed by atoms with Crippen molar-refractivity contribution in [3.8, 4) is 0 Å². The number of ether oxygens (including phenoxy) is 1. The second-order valence-electron chi connectivity index (χ2n) is 3.58. The highest BCUT2D eigenvalue weighted by atomic mass is 32.2. The van der Waals surface area contributed by atoms with E-state index in [1.165, 1.54) is 23.1 Å². The van der Waals surface area contributed by atoms with Gasteiger partial charge >= 0.3 is 0 Å². The van der Waals surface area contributed by atoms with Crippen LogP contribution in [0, 0.1) is 0 Å². The molecule has 0 radical (unpaired) electrons. The Hall–Kier alpha value is -0.690. The SMILES string of the molecule is CCOC(=S)SC(C(=O)c1cccs1)c1ccsc1. The molecule has 1 unspecified atom stereocenters. The minimum atomic E-state index is -0.316. The Kier molecular flexibility index (Phi) is 5.57. The summed E-state index contributed by atoms with van der Waals surface area (Å²) in [5, 5.41) is 5.54. The van der Waals surface area contributed by atoms with E-state index in [9.17, 15) is 4.79 Å². The Morgan fingerprint density at radius 2 is 2.32 bits per heavy atom. The van der Waals surface area contributed by atoms with E-state index in [2.05, 4.69) is 0 Å². The molecule has 0 spiro atoms. The summed E-state index contributed by atoms with van der Waals surface area (Å²) < 4.78 is 5.71. The van der Waals surface area contributed by atoms with Crippen molar-refractivity contribution in [1.29, 1.82) is 0 Å². The molecule has 2 aromatic rings. The Morgan fingerprint density at radius 3 is 2.89 bits per heavy atom. The van der Waals surface area contributed by atoms with Crippen molar-refractivity contribution in [3.05, 3.63) is 44.8 Å². The Morgan fingerprint density at radius 1 is 1.47 bits per heavy atom. The molecule has 0 aliphatic rings. The average Bonchev–Trinajstić information content (AvgIpc) is 3.07. The molecule has 0 aromatic carbocycles. The molecule has 1 atom stereocenters. The first-order valence-corrected chi connectivity index (χ1v) is 8.76. The molecular weight excluding hydrogens is 316 g/mol. The van der Waals surface area contributed by atoms with E-state index in [1.54, 1.807) is 11.3 Å². The molecule has 6 heteroatoms. The summed E-state index contributed by atoms with van der Waals surface area (Å²) in [6.45, 7) is 2.41. The van der Waals surface area contributed by atoms with E-state index in [-0.39, 0.29) is 11.0 Å². The van der Waals surface area contributed by atoms with Gasteiger partial charge in [0.2, 0.25) is 4.38 Å². The van der Waals surface area contributed by atoms with Crippen molar-refractivity contribution in [3.63, 3.8) is 0 Å². The second-order valence-corrected chi connectivity index (χ2v) is 7.01. The van der Waals surface area contributed by atoms with Gasteiger partial charge in [-0.2, -0.15) is 11.3 Å². The smallest absolute Gasteiger partial charge is 0.221 e. The van der Waals surface area contributed by atoms with Gasteiger partial charge < -0.3 is 4.74 Å². The van der Waals surface area contributed by atoms with Gasteiger partial charge in [-0.15, -0.1) is 11.3 Å². The molecule has 0 N–H and O–H groups in total. The number of Topliss-reactive ketones (excluding diaryl/α,β-unsaturated/α-hetero) is 1. The summed E-state index contributed by atoms with van der Waals surface area (Å²) in [6.07, 6.45) is 0. The third-order valence-corrected chi connectivity index (χ3v) is 5.35. The molecule has 19 heavy (non-hydrogen) atoms. The van der Waals surface area contributed by atoms with Gasteiger partial charge in [0.15, 0.2) is 5.78 Å². The highest BCUT2D eigenvalue weighted by molar-refractivity contribution is 8.23. The molecule has 100 valence electrons. The van der Waals surface area contributed by atoms with Crippen LogP contribution in [-0.4, -0.2) is 16.8 Å². The van der Waals surface area contributed by atoms with E-state index in [1.807, 2.05) is 41.3 Å². The van der Waals surface area contributed by atoms with Crippen molar-refractivity contribution >= 4 is 56.8 Å². The lowest BCUT2D eigenvalue weighted by Gasteiger charge is -2.14. The van der Waals surface area contributed by atoms with Gasteiger partial charge in [-0.1, -0.05) is 17.8 Å². The Balaban J connectivity index is 2.20. The summed E-state index contributed by atoms with van der Waals surface area (Å²) in [5.74, 6) is 0.0838. The van der Waals surface area contributed by atoms with Crippen LogP contribution in [0.3, 0.4) is 0 Å². The van der Waals surface area contributed by atoms with Gasteiger partial charge in [-0.3, -0.25) is 4.79 Å². The maximum atomic E-state index is 12.5. The lowest BCUT2D eigenvalue weighted by atomic mass is 10.1. The van der Waals surface area contributed by atoms with Crippen LogP contribution in [-0.2, 0) is 4.74 Å². The first-order valence-electron chi connectivity index (χ1n) is 5.65. The molecular formula is C13H12O2S4. The number of rotatable bonds is 5. The highest BCUT2D eigenvalue weighted by Crippen LogP contribution is 2.35. The fourth-order valence-electron chi connectivity index (χ4n) is 1.49. The van der Waals surface area contributed by atoms with Crippen LogP contribution < -0.4 is 0 Å². The molecule has 0 saturated heterocycles. The topological polar surface area (TPSA) is 26.3 Å². The monoisotopic (exact) mass is 328 g/mol. The van der Waals surface area contributed by atoms with E-state index in [0.717, 1.165) is 10.4 Å². The second kappa shape index (κ2) is 7.19. The summed E-state index contributed by atoms with van der Waals surface area (Å²) in [4.78, 5) is 13.3. The van der Waals surface area contributed by atoms with E-state index in [4.69, 9.17) is 17.0 Å². The molecule has 2 heterocycles. The quantitative estimate of drug-likeness (QED) is 0.582. The average molecular weight is 329 g/mol. The molecule has 0 bridgehead atoms. The number of ketones is 1. The zero-order valence-corrected chi connectivity index (χ0v) is 13.5. The van der Waals surface area contributed by atoms with Crippen LogP contribution in [0.5, 0.6) is 0 Å². The Labute approximate surface area is 129 Å². The largest absolute Gasteiger partial charge is 0.479 e. The van der Waals surface area contributed by atoms with Crippen LogP contribution >= 0.6 is 46.7 Å². The molecule has 0 fully saturated rings. The summed E-state index contributed by atoms with van der Waals surface area (Å²) in [7, 11) is 0. The minimum Gasteiger partial charge on any atom is -0.479 e. The summed E-state index contributed by atoms with van der Waals surface area (Å²) in [6, 6.07) is 5.69. The number of thioether (sulfide) groups is 1. The normalized spacial score (nSPS) is 12.1. The van der Waals surface area contributed by atoms with Crippen LogP contribution in [0.25, 0.3) is 0 Å². The summed E-state index contributed by atoms with van der Waals surface area (Å²) >= 11 is 9.48. The van der Waals surface area contributed by atoms with Gasteiger partial charge in [-0.25, -0.2) is 0 Å². The first-order chi connectivity index (χ1) is 9.22. The number of hydrogen-bond acceptors (Lipinski definition) is 6. The molecule has 0 saturated carbocycles.